The fourth-order valence-electron chi connectivity index (χ4n) is 4.93. The van der Waals surface area contributed by atoms with Crippen molar-refractivity contribution in [1.29, 1.82) is 0 Å². The second-order valence-corrected chi connectivity index (χ2v) is 11.6. The lowest BCUT2D eigenvalue weighted by Gasteiger charge is -2.41. The topological polar surface area (TPSA) is 94.2 Å². The summed E-state index contributed by atoms with van der Waals surface area (Å²) < 4.78 is 46.2. The number of sulfonamides is 1. The van der Waals surface area contributed by atoms with Crippen LogP contribution in [0.4, 0.5) is 5.69 Å². The molecular weight excluding hydrogens is 516 g/mol. The van der Waals surface area contributed by atoms with Gasteiger partial charge in [-0.2, -0.15) is 0 Å². The van der Waals surface area contributed by atoms with E-state index in [9.17, 15) is 13.2 Å². The van der Waals surface area contributed by atoms with E-state index in [1.807, 2.05) is 31.2 Å². The van der Waals surface area contributed by atoms with Crippen molar-refractivity contribution in [2.75, 3.05) is 25.1 Å². The summed E-state index contributed by atoms with van der Waals surface area (Å²) in [4.78, 5) is 13.7. The monoisotopic (exact) mass is 552 g/mol. The molecule has 8 nitrogen and oxygen atoms in total. The average Bonchev–Trinajstić information content (AvgIpc) is 2.95. The van der Waals surface area contributed by atoms with E-state index in [0.29, 0.717) is 17.9 Å². The molecule has 0 aliphatic carbocycles. The minimum atomic E-state index is -4.14. The lowest BCUT2D eigenvalue weighted by Crippen LogP contribution is -2.47. The van der Waals surface area contributed by atoms with Crippen LogP contribution < -0.4 is 23.8 Å². The SMILES string of the molecule is CCC1(CC)C[C@H](NC(=O)CN(c2cc(OC)ccc2OC)S(=O)(=O)c2ccc(C)cc2)c2ccccc2O1. The maximum absolute atomic E-state index is 14.0. The summed E-state index contributed by atoms with van der Waals surface area (Å²) >= 11 is 0. The number of anilines is 1. The third-order valence-electron chi connectivity index (χ3n) is 7.37. The number of rotatable bonds is 10. The Balaban J connectivity index is 1.72. The molecule has 0 spiro atoms. The first-order chi connectivity index (χ1) is 18.7. The summed E-state index contributed by atoms with van der Waals surface area (Å²) in [5.74, 6) is 1.02. The van der Waals surface area contributed by atoms with Crippen molar-refractivity contribution in [3.8, 4) is 17.2 Å². The van der Waals surface area contributed by atoms with Crippen molar-refractivity contribution in [3.63, 3.8) is 0 Å². The van der Waals surface area contributed by atoms with E-state index in [-0.39, 0.29) is 16.6 Å². The number of para-hydroxylation sites is 1. The zero-order valence-corrected chi connectivity index (χ0v) is 23.9. The minimum absolute atomic E-state index is 0.0677. The van der Waals surface area contributed by atoms with Gasteiger partial charge in [0.1, 0.15) is 29.4 Å². The fourth-order valence-corrected chi connectivity index (χ4v) is 6.35. The highest BCUT2D eigenvalue weighted by atomic mass is 32.2. The minimum Gasteiger partial charge on any atom is -0.497 e. The smallest absolute Gasteiger partial charge is 0.264 e. The normalized spacial score (nSPS) is 16.0. The molecule has 1 heterocycles. The molecule has 1 aliphatic heterocycles. The van der Waals surface area contributed by atoms with E-state index in [1.165, 1.54) is 26.4 Å². The molecule has 1 aliphatic rings. The molecule has 39 heavy (non-hydrogen) atoms. The van der Waals surface area contributed by atoms with Crippen LogP contribution in [0.15, 0.2) is 71.6 Å². The van der Waals surface area contributed by atoms with Gasteiger partial charge < -0.3 is 19.5 Å². The molecule has 1 N–H and O–H groups in total. The van der Waals surface area contributed by atoms with Gasteiger partial charge in [0.15, 0.2) is 0 Å². The first-order valence-electron chi connectivity index (χ1n) is 13.0. The average molecular weight is 553 g/mol. The van der Waals surface area contributed by atoms with Gasteiger partial charge >= 0.3 is 0 Å². The molecule has 1 amide bonds. The van der Waals surface area contributed by atoms with Crippen molar-refractivity contribution in [2.24, 2.45) is 0 Å². The Hall–Kier alpha value is -3.72. The quantitative estimate of drug-likeness (QED) is 0.362. The van der Waals surface area contributed by atoms with Crippen LogP contribution in [-0.2, 0) is 14.8 Å². The van der Waals surface area contributed by atoms with Gasteiger partial charge in [0.05, 0.1) is 30.8 Å². The molecule has 4 rings (SSSR count). The first-order valence-corrected chi connectivity index (χ1v) is 14.5. The van der Waals surface area contributed by atoms with Crippen LogP contribution in [0.1, 0.15) is 50.3 Å². The number of amides is 1. The third kappa shape index (κ3) is 5.83. The van der Waals surface area contributed by atoms with E-state index >= 15 is 0 Å². The zero-order chi connectivity index (χ0) is 28.2. The maximum atomic E-state index is 14.0. The number of carbonyl (C=O) groups excluding carboxylic acids is 1. The molecular formula is C30H36N2O6S. The summed E-state index contributed by atoms with van der Waals surface area (Å²) in [6, 6.07) is 18.7. The molecule has 0 fully saturated rings. The number of benzene rings is 3. The lowest BCUT2D eigenvalue weighted by atomic mass is 9.83. The van der Waals surface area contributed by atoms with Gasteiger partial charge in [-0.25, -0.2) is 8.42 Å². The maximum Gasteiger partial charge on any atom is 0.264 e. The van der Waals surface area contributed by atoms with Gasteiger partial charge in [0.2, 0.25) is 5.91 Å². The van der Waals surface area contributed by atoms with Crippen LogP contribution in [0.3, 0.4) is 0 Å². The number of ether oxygens (including phenoxy) is 3. The number of methoxy groups -OCH3 is 2. The van der Waals surface area contributed by atoms with Crippen LogP contribution in [-0.4, -0.2) is 40.7 Å². The number of aryl methyl sites for hydroxylation is 1. The van der Waals surface area contributed by atoms with E-state index < -0.39 is 28.1 Å². The van der Waals surface area contributed by atoms with E-state index in [0.717, 1.165) is 34.0 Å². The molecule has 3 aromatic rings. The Kier molecular flexibility index (Phi) is 8.39. The van der Waals surface area contributed by atoms with Crippen LogP contribution in [0.5, 0.6) is 17.2 Å². The Morgan fingerprint density at radius 1 is 1.03 bits per heavy atom. The Morgan fingerprint density at radius 2 is 1.72 bits per heavy atom. The number of hydrogen-bond acceptors (Lipinski definition) is 6. The van der Waals surface area contributed by atoms with E-state index in [4.69, 9.17) is 14.2 Å². The summed E-state index contributed by atoms with van der Waals surface area (Å²) in [7, 11) is -1.20. The van der Waals surface area contributed by atoms with Crippen LogP contribution >= 0.6 is 0 Å². The number of fused-ring (bicyclic) bond motifs is 1. The fraction of sp³-hybridized carbons (Fsp3) is 0.367. The van der Waals surface area contributed by atoms with Gasteiger partial charge in [-0.3, -0.25) is 9.10 Å². The Morgan fingerprint density at radius 3 is 2.36 bits per heavy atom. The number of nitrogens with zero attached hydrogens (tertiary/aromatic N) is 1. The second-order valence-electron chi connectivity index (χ2n) is 9.72. The molecule has 1 atom stereocenters. The number of hydrogen-bond donors (Lipinski definition) is 1. The Bertz CT molecular complexity index is 1420. The highest BCUT2D eigenvalue weighted by Crippen LogP contribution is 2.43. The Labute approximate surface area is 230 Å². The largest absolute Gasteiger partial charge is 0.497 e. The van der Waals surface area contributed by atoms with Crippen molar-refractivity contribution in [3.05, 3.63) is 77.9 Å². The van der Waals surface area contributed by atoms with Gasteiger partial charge in [-0.05, 0) is 50.1 Å². The first kappa shape index (κ1) is 28.3. The molecule has 0 radical (unpaired) electrons. The highest BCUT2D eigenvalue weighted by molar-refractivity contribution is 7.92. The standard InChI is InChI=1S/C30H36N2O6S/c1-6-30(7-2)19-25(24-10-8-9-11-27(24)38-30)31-29(33)20-32(26-18-22(36-4)14-17-28(26)37-5)39(34,35)23-15-12-21(3)13-16-23/h8-18,25H,6-7,19-20H2,1-5H3,(H,31,33)/t25-/m0/s1. The van der Waals surface area contributed by atoms with Crippen molar-refractivity contribution < 1.29 is 27.4 Å². The lowest BCUT2D eigenvalue weighted by molar-refractivity contribution is -0.121. The molecule has 0 unspecified atom stereocenters. The number of carbonyl (C=O) groups is 1. The van der Waals surface area contributed by atoms with Gasteiger partial charge in [-0.1, -0.05) is 49.7 Å². The van der Waals surface area contributed by atoms with E-state index in [1.54, 1.807) is 30.3 Å². The van der Waals surface area contributed by atoms with Crippen molar-refractivity contribution >= 4 is 21.6 Å². The zero-order valence-electron chi connectivity index (χ0n) is 23.1. The van der Waals surface area contributed by atoms with Crippen molar-refractivity contribution in [1.82, 2.24) is 5.32 Å². The molecule has 208 valence electrons. The van der Waals surface area contributed by atoms with Gasteiger partial charge in [-0.15, -0.1) is 0 Å². The summed E-state index contributed by atoms with van der Waals surface area (Å²) in [5, 5.41) is 3.10. The highest BCUT2D eigenvalue weighted by Gasteiger charge is 2.39. The molecule has 0 aromatic heterocycles. The summed E-state index contributed by atoms with van der Waals surface area (Å²) in [5.41, 5.74) is 1.58. The van der Waals surface area contributed by atoms with Crippen LogP contribution in [0, 0.1) is 6.92 Å². The molecule has 0 bridgehead atoms. The van der Waals surface area contributed by atoms with E-state index in [2.05, 4.69) is 19.2 Å². The predicted molar refractivity (Wildman–Crippen MR) is 151 cm³/mol. The van der Waals surface area contributed by atoms with Crippen LogP contribution in [0.25, 0.3) is 0 Å². The molecule has 0 saturated heterocycles. The van der Waals surface area contributed by atoms with Gasteiger partial charge in [0, 0.05) is 18.1 Å². The van der Waals surface area contributed by atoms with Crippen LogP contribution in [0.2, 0.25) is 0 Å². The summed E-state index contributed by atoms with van der Waals surface area (Å²) in [6.45, 7) is 5.57. The predicted octanol–water partition coefficient (Wildman–Crippen LogP) is 5.41. The van der Waals surface area contributed by atoms with Gasteiger partial charge in [0.25, 0.3) is 10.0 Å². The third-order valence-corrected chi connectivity index (χ3v) is 9.15. The van der Waals surface area contributed by atoms with Crippen molar-refractivity contribution in [2.45, 2.75) is 56.6 Å². The molecule has 9 heteroatoms. The molecule has 3 aromatic carbocycles. The molecule has 0 saturated carbocycles. The second kappa shape index (κ2) is 11.6. The number of nitrogens with one attached hydrogen (secondary N) is 1. The summed E-state index contributed by atoms with van der Waals surface area (Å²) in [6.07, 6.45) is 2.13.